The van der Waals surface area contributed by atoms with Crippen LogP contribution in [0.4, 0.5) is 5.82 Å². The van der Waals surface area contributed by atoms with E-state index in [0.29, 0.717) is 19.0 Å². The summed E-state index contributed by atoms with van der Waals surface area (Å²) in [5, 5.41) is 4.57. The Morgan fingerprint density at radius 3 is 2.11 bits per heavy atom. The Morgan fingerprint density at radius 2 is 1.56 bits per heavy atom. The number of piperazine rings is 1. The molecule has 6 nitrogen and oxygen atoms in total. The number of benzene rings is 1. The molecule has 1 saturated heterocycles. The van der Waals surface area contributed by atoms with Gasteiger partial charge in [-0.3, -0.25) is 9.59 Å². The van der Waals surface area contributed by atoms with Gasteiger partial charge in [0.1, 0.15) is 5.82 Å². The van der Waals surface area contributed by atoms with Crippen molar-refractivity contribution in [3.05, 3.63) is 52.3 Å². The normalized spacial score (nSPS) is 14.9. The van der Waals surface area contributed by atoms with E-state index in [1.54, 1.807) is 12.1 Å². The molecular weight excluding hydrogens is 340 g/mol. The topological polar surface area (TPSA) is 58.4 Å². The highest BCUT2D eigenvalue weighted by molar-refractivity contribution is 5.78. The molecule has 1 fully saturated rings. The van der Waals surface area contributed by atoms with Gasteiger partial charge in [0.25, 0.3) is 5.56 Å². The second-order valence-corrected chi connectivity index (χ2v) is 7.65. The summed E-state index contributed by atoms with van der Waals surface area (Å²) >= 11 is 0. The Hall–Kier alpha value is -2.63. The van der Waals surface area contributed by atoms with Gasteiger partial charge in [-0.15, -0.1) is 5.10 Å². The minimum Gasteiger partial charge on any atom is -0.352 e. The predicted octanol–water partition coefficient (Wildman–Crippen LogP) is 2.66. The van der Waals surface area contributed by atoms with Crippen molar-refractivity contribution in [1.82, 2.24) is 14.7 Å². The fourth-order valence-electron chi connectivity index (χ4n) is 3.28. The molecule has 0 bridgehead atoms. The van der Waals surface area contributed by atoms with E-state index in [1.165, 1.54) is 10.2 Å². The first-order chi connectivity index (χ1) is 12.9. The lowest BCUT2D eigenvalue weighted by molar-refractivity contribution is -0.134. The molecule has 144 valence electrons. The van der Waals surface area contributed by atoms with E-state index in [4.69, 9.17) is 0 Å². The standard InChI is InChI=1S/C21H28N4O2/c1-15(2)17-5-7-18(8-6-17)25-20(26)10-9-19(22-25)23-11-13-24(14-12-23)21(27)16(3)4/h5-10,15-16H,11-14H2,1-4H3. The zero-order chi connectivity index (χ0) is 19.6. The van der Waals surface area contributed by atoms with Crippen LogP contribution in [-0.2, 0) is 4.79 Å². The van der Waals surface area contributed by atoms with Gasteiger partial charge in [0, 0.05) is 38.2 Å². The summed E-state index contributed by atoms with van der Waals surface area (Å²) in [6.45, 7) is 10.9. The van der Waals surface area contributed by atoms with Gasteiger partial charge in [0.15, 0.2) is 0 Å². The molecule has 0 saturated carbocycles. The van der Waals surface area contributed by atoms with Gasteiger partial charge in [-0.25, -0.2) is 0 Å². The Bertz CT molecular complexity index is 847. The lowest BCUT2D eigenvalue weighted by Crippen LogP contribution is -2.50. The summed E-state index contributed by atoms with van der Waals surface area (Å²) in [4.78, 5) is 28.5. The summed E-state index contributed by atoms with van der Waals surface area (Å²) < 4.78 is 1.45. The number of carbonyl (C=O) groups excluding carboxylic acids is 1. The largest absolute Gasteiger partial charge is 0.352 e. The average Bonchev–Trinajstić information content (AvgIpc) is 2.68. The molecule has 0 N–H and O–H groups in total. The molecular formula is C21H28N4O2. The van der Waals surface area contributed by atoms with Crippen LogP contribution in [0.2, 0.25) is 0 Å². The van der Waals surface area contributed by atoms with E-state index in [1.807, 2.05) is 43.0 Å². The van der Waals surface area contributed by atoms with E-state index >= 15 is 0 Å². The third kappa shape index (κ3) is 4.21. The first-order valence-electron chi connectivity index (χ1n) is 9.61. The Kier molecular flexibility index (Phi) is 5.63. The summed E-state index contributed by atoms with van der Waals surface area (Å²) in [7, 11) is 0. The van der Waals surface area contributed by atoms with Crippen LogP contribution in [0.3, 0.4) is 0 Å². The highest BCUT2D eigenvalue weighted by Gasteiger charge is 2.23. The number of hydrogen-bond donors (Lipinski definition) is 0. The molecule has 0 aliphatic carbocycles. The van der Waals surface area contributed by atoms with E-state index in [9.17, 15) is 9.59 Å². The number of nitrogens with zero attached hydrogens (tertiary/aromatic N) is 4. The summed E-state index contributed by atoms with van der Waals surface area (Å²) in [6.07, 6.45) is 0. The van der Waals surface area contributed by atoms with E-state index in [2.05, 4.69) is 23.8 Å². The predicted molar refractivity (Wildman–Crippen MR) is 108 cm³/mol. The number of carbonyl (C=O) groups is 1. The quantitative estimate of drug-likeness (QED) is 0.832. The SMILES string of the molecule is CC(C)C(=O)N1CCN(c2ccc(=O)n(-c3ccc(C(C)C)cc3)n2)CC1. The van der Waals surface area contributed by atoms with Gasteiger partial charge < -0.3 is 9.80 Å². The second-order valence-electron chi connectivity index (χ2n) is 7.65. The van der Waals surface area contributed by atoms with Gasteiger partial charge >= 0.3 is 0 Å². The zero-order valence-electron chi connectivity index (χ0n) is 16.6. The number of anilines is 1. The molecule has 0 unspecified atom stereocenters. The molecule has 1 aromatic carbocycles. The Balaban J connectivity index is 1.78. The van der Waals surface area contributed by atoms with Crippen LogP contribution in [0.25, 0.3) is 5.69 Å². The van der Waals surface area contributed by atoms with Crippen LogP contribution < -0.4 is 10.5 Å². The molecule has 0 radical (unpaired) electrons. The first kappa shape index (κ1) is 19.1. The van der Waals surface area contributed by atoms with Crippen LogP contribution in [0.1, 0.15) is 39.2 Å². The summed E-state index contributed by atoms with van der Waals surface area (Å²) in [5.41, 5.74) is 1.85. The molecule has 2 aromatic rings. The highest BCUT2D eigenvalue weighted by Crippen LogP contribution is 2.17. The molecule has 1 amide bonds. The molecule has 3 rings (SSSR count). The van der Waals surface area contributed by atoms with E-state index in [0.717, 1.165) is 24.6 Å². The van der Waals surface area contributed by atoms with Gasteiger partial charge in [0.2, 0.25) is 5.91 Å². The highest BCUT2D eigenvalue weighted by atomic mass is 16.2. The van der Waals surface area contributed by atoms with Crippen molar-refractivity contribution in [2.45, 2.75) is 33.6 Å². The monoisotopic (exact) mass is 368 g/mol. The number of rotatable bonds is 4. The van der Waals surface area contributed by atoms with Crippen molar-refractivity contribution in [3.63, 3.8) is 0 Å². The maximum Gasteiger partial charge on any atom is 0.271 e. The lowest BCUT2D eigenvalue weighted by atomic mass is 10.0. The van der Waals surface area contributed by atoms with Crippen LogP contribution >= 0.6 is 0 Å². The molecule has 1 aliphatic heterocycles. The van der Waals surface area contributed by atoms with Crippen molar-refractivity contribution in [3.8, 4) is 5.69 Å². The van der Waals surface area contributed by atoms with Crippen LogP contribution in [0, 0.1) is 5.92 Å². The fourth-order valence-corrected chi connectivity index (χ4v) is 3.28. The summed E-state index contributed by atoms with van der Waals surface area (Å²) in [6, 6.07) is 11.3. The number of hydrogen-bond acceptors (Lipinski definition) is 4. The second kappa shape index (κ2) is 7.94. The minimum absolute atomic E-state index is 0.0189. The van der Waals surface area contributed by atoms with Crippen molar-refractivity contribution in [1.29, 1.82) is 0 Å². The van der Waals surface area contributed by atoms with Crippen LogP contribution in [0.5, 0.6) is 0 Å². The van der Waals surface area contributed by atoms with E-state index in [-0.39, 0.29) is 17.4 Å². The maximum atomic E-state index is 12.3. The number of amides is 1. The smallest absolute Gasteiger partial charge is 0.271 e. The molecule has 2 heterocycles. The number of aromatic nitrogens is 2. The van der Waals surface area contributed by atoms with Crippen LogP contribution in [-0.4, -0.2) is 46.8 Å². The van der Waals surface area contributed by atoms with Gasteiger partial charge in [-0.05, 0) is 29.7 Å². The lowest BCUT2D eigenvalue weighted by Gasteiger charge is -2.36. The Labute approximate surface area is 160 Å². The molecule has 0 spiro atoms. The maximum absolute atomic E-state index is 12.3. The first-order valence-corrected chi connectivity index (χ1v) is 9.61. The van der Waals surface area contributed by atoms with Crippen molar-refractivity contribution in [2.75, 3.05) is 31.1 Å². The third-order valence-corrected chi connectivity index (χ3v) is 5.00. The third-order valence-electron chi connectivity index (χ3n) is 5.00. The van der Waals surface area contributed by atoms with Gasteiger partial charge in [-0.2, -0.15) is 4.68 Å². The molecule has 1 aromatic heterocycles. The minimum atomic E-state index is -0.148. The zero-order valence-corrected chi connectivity index (χ0v) is 16.6. The molecule has 1 aliphatic rings. The average molecular weight is 368 g/mol. The van der Waals surface area contributed by atoms with Crippen molar-refractivity contribution in [2.24, 2.45) is 5.92 Å². The van der Waals surface area contributed by atoms with Gasteiger partial charge in [-0.1, -0.05) is 39.8 Å². The van der Waals surface area contributed by atoms with E-state index < -0.39 is 0 Å². The molecule has 27 heavy (non-hydrogen) atoms. The summed E-state index contributed by atoms with van der Waals surface area (Å²) in [5.74, 6) is 1.42. The van der Waals surface area contributed by atoms with Crippen molar-refractivity contribution >= 4 is 11.7 Å². The molecule has 6 heteroatoms. The molecule has 0 atom stereocenters. The van der Waals surface area contributed by atoms with Gasteiger partial charge in [0.05, 0.1) is 5.69 Å². The fraction of sp³-hybridized carbons (Fsp3) is 0.476. The van der Waals surface area contributed by atoms with Crippen molar-refractivity contribution < 1.29 is 4.79 Å². The Morgan fingerprint density at radius 1 is 0.926 bits per heavy atom. The van der Waals surface area contributed by atoms with Crippen LogP contribution in [0.15, 0.2) is 41.2 Å².